The van der Waals surface area contributed by atoms with Gasteiger partial charge in [-0.15, -0.1) is 0 Å². The van der Waals surface area contributed by atoms with Crippen LogP contribution in [-0.4, -0.2) is 7.11 Å². The first kappa shape index (κ1) is 13.8. The fourth-order valence-corrected chi connectivity index (χ4v) is 2.00. The maximum absolute atomic E-state index is 8.77. The second kappa shape index (κ2) is 6.48. The lowest BCUT2D eigenvalue weighted by molar-refractivity contribution is 0.410. The monoisotopic (exact) mass is 267 g/mol. The number of nitriles is 1. The van der Waals surface area contributed by atoms with Gasteiger partial charge in [-0.3, -0.25) is 0 Å². The Hall–Kier alpha value is -2.67. The average molecular weight is 267 g/mol. The number of hydrogen-bond acceptors (Lipinski definition) is 4. The number of nitrogen functional groups attached to an aromatic ring is 1. The molecular weight excluding hydrogens is 250 g/mol. The van der Waals surface area contributed by atoms with Gasteiger partial charge < -0.3 is 15.8 Å². The van der Waals surface area contributed by atoms with Gasteiger partial charge in [-0.05, 0) is 29.8 Å². The quantitative estimate of drug-likeness (QED) is 0.817. The van der Waals surface area contributed by atoms with Crippen LogP contribution in [0.3, 0.4) is 0 Å². The van der Waals surface area contributed by atoms with Crippen LogP contribution in [0.15, 0.2) is 42.5 Å². The van der Waals surface area contributed by atoms with E-state index in [0.717, 1.165) is 22.6 Å². The highest BCUT2D eigenvalue weighted by molar-refractivity contribution is 5.58. The third-order valence-corrected chi connectivity index (χ3v) is 3.09. The second-order valence-corrected chi connectivity index (χ2v) is 4.41. The Bertz CT molecular complexity index is 632. The molecule has 20 heavy (non-hydrogen) atoms. The lowest BCUT2D eigenvalue weighted by Gasteiger charge is -2.11. The maximum atomic E-state index is 8.77. The van der Waals surface area contributed by atoms with Crippen LogP contribution >= 0.6 is 0 Å². The van der Waals surface area contributed by atoms with Gasteiger partial charge in [-0.2, -0.15) is 5.26 Å². The molecule has 0 aliphatic carbocycles. The molecule has 0 radical (unpaired) electrons. The summed E-state index contributed by atoms with van der Waals surface area (Å²) in [5.41, 5.74) is 9.34. The van der Waals surface area contributed by atoms with Crippen molar-refractivity contribution in [2.45, 2.75) is 13.0 Å². The second-order valence-electron chi connectivity index (χ2n) is 4.41. The van der Waals surface area contributed by atoms with Crippen LogP contribution in [0.5, 0.6) is 5.75 Å². The van der Waals surface area contributed by atoms with Gasteiger partial charge in [0.05, 0.1) is 19.6 Å². The van der Waals surface area contributed by atoms with E-state index in [2.05, 4.69) is 11.4 Å². The smallest absolute Gasteiger partial charge is 0.123 e. The molecule has 0 fully saturated rings. The molecule has 0 aromatic heterocycles. The van der Waals surface area contributed by atoms with Crippen molar-refractivity contribution in [1.29, 1.82) is 5.26 Å². The molecule has 2 aromatic carbocycles. The van der Waals surface area contributed by atoms with E-state index >= 15 is 0 Å². The van der Waals surface area contributed by atoms with Gasteiger partial charge in [0.25, 0.3) is 0 Å². The number of methoxy groups -OCH3 is 1. The number of rotatable bonds is 5. The van der Waals surface area contributed by atoms with Gasteiger partial charge in [0.1, 0.15) is 5.75 Å². The van der Waals surface area contributed by atoms with Crippen molar-refractivity contribution in [3.8, 4) is 11.8 Å². The van der Waals surface area contributed by atoms with Crippen molar-refractivity contribution in [2.75, 3.05) is 18.2 Å². The summed E-state index contributed by atoms with van der Waals surface area (Å²) in [6, 6.07) is 15.6. The van der Waals surface area contributed by atoms with E-state index in [0.29, 0.717) is 18.7 Å². The van der Waals surface area contributed by atoms with Gasteiger partial charge in [-0.25, -0.2) is 0 Å². The third kappa shape index (κ3) is 3.21. The standard InChI is InChI=1S/C16H17N3O/c1-20-16-5-3-2-4-13(16)11-19-14-6-7-15(18)12(10-14)8-9-17/h2-7,10,19H,8,11,18H2,1H3. The molecule has 0 saturated heterocycles. The molecule has 0 saturated carbocycles. The number of nitrogens with two attached hydrogens (primary N) is 1. The van der Waals surface area contributed by atoms with Gasteiger partial charge in [0, 0.05) is 23.5 Å². The minimum Gasteiger partial charge on any atom is -0.496 e. The van der Waals surface area contributed by atoms with Crippen LogP contribution in [0.1, 0.15) is 11.1 Å². The van der Waals surface area contributed by atoms with Crippen LogP contribution in [0.25, 0.3) is 0 Å². The molecular formula is C16H17N3O. The zero-order chi connectivity index (χ0) is 14.4. The Labute approximate surface area is 118 Å². The summed E-state index contributed by atoms with van der Waals surface area (Å²) in [7, 11) is 1.66. The first-order valence-electron chi connectivity index (χ1n) is 6.35. The van der Waals surface area contributed by atoms with E-state index in [4.69, 9.17) is 15.7 Å². The summed E-state index contributed by atoms with van der Waals surface area (Å²) in [5.74, 6) is 0.854. The van der Waals surface area contributed by atoms with Gasteiger partial charge >= 0.3 is 0 Å². The molecule has 2 rings (SSSR count). The molecule has 4 heteroatoms. The van der Waals surface area contributed by atoms with Gasteiger partial charge in [0.2, 0.25) is 0 Å². The van der Waals surface area contributed by atoms with Crippen molar-refractivity contribution in [3.05, 3.63) is 53.6 Å². The van der Waals surface area contributed by atoms with E-state index in [1.807, 2.05) is 42.5 Å². The molecule has 0 aliphatic heterocycles. The summed E-state index contributed by atoms with van der Waals surface area (Å²) >= 11 is 0. The van der Waals surface area contributed by atoms with Crippen molar-refractivity contribution in [2.24, 2.45) is 0 Å². The molecule has 0 unspecified atom stereocenters. The Kier molecular flexibility index (Phi) is 4.46. The number of benzene rings is 2. The lowest BCUT2D eigenvalue weighted by Crippen LogP contribution is -2.03. The number of ether oxygens (including phenoxy) is 1. The highest BCUT2D eigenvalue weighted by atomic mass is 16.5. The summed E-state index contributed by atoms with van der Waals surface area (Å²) in [4.78, 5) is 0. The van der Waals surface area contributed by atoms with Crippen LogP contribution in [0.2, 0.25) is 0 Å². The predicted octanol–water partition coefficient (Wildman–Crippen LogP) is 2.96. The largest absolute Gasteiger partial charge is 0.496 e. The normalized spacial score (nSPS) is 9.80. The summed E-state index contributed by atoms with van der Waals surface area (Å²) < 4.78 is 5.31. The zero-order valence-electron chi connectivity index (χ0n) is 11.4. The van der Waals surface area contributed by atoms with Crippen molar-refractivity contribution in [3.63, 3.8) is 0 Å². The topological polar surface area (TPSA) is 71.1 Å². The first-order chi connectivity index (χ1) is 9.74. The summed E-state index contributed by atoms with van der Waals surface area (Å²) in [6.45, 7) is 0.653. The molecule has 0 aliphatic rings. The van der Waals surface area contributed by atoms with E-state index in [-0.39, 0.29) is 0 Å². The Balaban J connectivity index is 2.11. The average Bonchev–Trinajstić information content (AvgIpc) is 2.48. The van der Waals surface area contributed by atoms with E-state index in [1.165, 1.54) is 0 Å². The fraction of sp³-hybridized carbons (Fsp3) is 0.188. The van der Waals surface area contributed by atoms with Crippen molar-refractivity contribution in [1.82, 2.24) is 0 Å². The van der Waals surface area contributed by atoms with E-state index in [1.54, 1.807) is 7.11 Å². The first-order valence-corrected chi connectivity index (χ1v) is 6.35. The molecule has 0 spiro atoms. The molecule has 102 valence electrons. The SMILES string of the molecule is COc1ccccc1CNc1ccc(N)c(CC#N)c1. The van der Waals surface area contributed by atoms with E-state index < -0.39 is 0 Å². The Morgan fingerprint density at radius 2 is 2.00 bits per heavy atom. The van der Waals surface area contributed by atoms with Crippen LogP contribution in [0.4, 0.5) is 11.4 Å². The molecule has 0 bridgehead atoms. The van der Waals surface area contributed by atoms with Crippen LogP contribution < -0.4 is 15.8 Å². The number of para-hydroxylation sites is 1. The van der Waals surface area contributed by atoms with E-state index in [9.17, 15) is 0 Å². The number of nitrogens with zero attached hydrogens (tertiary/aromatic N) is 1. The maximum Gasteiger partial charge on any atom is 0.123 e. The van der Waals surface area contributed by atoms with Crippen LogP contribution in [0, 0.1) is 11.3 Å². The Morgan fingerprint density at radius 3 is 2.75 bits per heavy atom. The zero-order valence-corrected chi connectivity index (χ0v) is 11.4. The van der Waals surface area contributed by atoms with Crippen molar-refractivity contribution < 1.29 is 4.74 Å². The molecule has 2 aromatic rings. The summed E-state index contributed by atoms with van der Waals surface area (Å²) in [5, 5.41) is 12.1. The minimum absolute atomic E-state index is 0.315. The lowest BCUT2D eigenvalue weighted by atomic mass is 10.1. The van der Waals surface area contributed by atoms with Crippen LogP contribution in [-0.2, 0) is 13.0 Å². The molecule has 4 nitrogen and oxygen atoms in total. The Morgan fingerprint density at radius 1 is 1.20 bits per heavy atom. The number of anilines is 2. The highest BCUT2D eigenvalue weighted by Crippen LogP contribution is 2.21. The third-order valence-electron chi connectivity index (χ3n) is 3.09. The fourth-order valence-electron chi connectivity index (χ4n) is 2.00. The van der Waals surface area contributed by atoms with Gasteiger partial charge in [-0.1, -0.05) is 18.2 Å². The number of hydrogen-bond donors (Lipinski definition) is 2. The highest BCUT2D eigenvalue weighted by Gasteiger charge is 2.03. The minimum atomic E-state index is 0.315. The number of nitrogens with one attached hydrogen (secondary N) is 1. The summed E-state index contributed by atoms with van der Waals surface area (Å²) in [6.07, 6.45) is 0.315. The molecule has 0 heterocycles. The predicted molar refractivity (Wildman–Crippen MR) is 80.5 cm³/mol. The van der Waals surface area contributed by atoms with Gasteiger partial charge in [0.15, 0.2) is 0 Å². The van der Waals surface area contributed by atoms with Crippen molar-refractivity contribution >= 4 is 11.4 Å². The molecule has 0 amide bonds. The molecule has 3 N–H and O–H groups in total. The molecule has 0 atom stereocenters.